The monoisotopic (exact) mass is 740 g/mol. The fourth-order valence-electron chi connectivity index (χ4n) is 6.84. The summed E-state index contributed by atoms with van der Waals surface area (Å²) in [5.74, 6) is 0. The molecule has 0 aliphatic heterocycles. The minimum atomic E-state index is -3.96. The molecule has 0 N–H and O–H groups in total. The van der Waals surface area contributed by atoms with E-state index < -0.39 is 17.1 Å². The molecule has 0 bridgehead atoms. The minimum absolute atomic E-state index is 0. The molecule has 3 aromatic rings. The molecule has 0 nitrogen and oxygen atoms in total. The molecule has 0 radical (unpaired) electrons. The molecule has 2 aliphatic rings. The Bertz CT molecular complexity index is 1440. The number of allylic oxidation sites excluding steroid dienone is 8. The molecule has 0 atom stereocenters. The Balaban J connectivity index is 0.00000210. The normalized spacial score (nSPS) is 15.5. The van der Waals surface area contributed by atoms with E-state index in [-0.39, 0.29) is 24.8 Å². The number of aryl methyl sites for hydroxylation is 2. The number of hydrogen-bond donors (Lipinski definition) is 0. The summed E-state index contributed by atoms with van der Waals surface area (Å²) >= 11 is -3.96. The third kappa shape index (κ3) is 5.47. The Labute approximate surface area is 250 Å². The van der Waals surface area contributed by atoms with E-state index in [9.17, 15) is 0 Å². The molecule has 0 heterocycles. The standard InChI is InChI=1S/2C14H15.C6H5.CH3.2ClH.Hf.H2Si/c2*1-3-12-7-9-13(10-8-12)14-6-4-5-11(14)2;1-2-4-6-5-3-1;;;;;/h2*6-10H,3-4H2,1-2H3;1-5H;1H3;2*1H;;1H2. The molecule has 0 unspecified atom stereocenters. The Hall–Kier alpha value is -1.71. The fraction of sp³-hybridized carbons (Fsp3) is 0.257. The Kier molecular flexibility index (Phi) is 10.1. The third-order valence-electron chi connectivity index (χ3n) is 9.27. The second-order valence-electron chi connectivity index (χ2n) is 11.3. The zero-order valence-electron chi connectivity index (χ0n) is 24.0. The van der Waals surface area contributed by atoms with Crippen LogP contribution in [0.5, 0.6) is 0 Å². The first-order valence-corrected chi connectivity index (χ1v) is 31.2. The van der Waals surface area contributed by atoms with Gasteiger partial charge in [-0.2, -0.15) is 0 Å². The molecule has 3 aromatic carbocycles. The molecule has 0 aromatic heterocycles. The predicted octanol–water partition coefficient (Wildman–Crippen LogP) is 9.09. The Morgan fingerprint density at radius 3 is 1.36 bits per heavy atom. The molecule has 0 amide bonds. The third-order valence-corrected chi connectivity index (χ3v) is 42.3. The fourth-order valence-corrected chi connectivity index (χ4v) is 36.2. The molecule has 2 aliphatic carbocycles. The molecule has 204 valence electrons. The van der Waals surface area contributed by atoms with Crippen molar-refractivity contribution in [2.75, 3.05) is 0 Å². The van der Waals surface area contributed by atoms with Crippen LogP contribution in [-0.4, -0.2) is 6.94 Å². The average Bonchev–Trinajstić information content (AvgIpc) is 3.53. The second-order valence-corrected chi connectivity index (χ2v) is 46.6. The zero-order chi connectivity index (χ0) is 26.2. The van der Waals surface area contributed by atoms with Crippen LogP contribution >= 0.6 is 24.8 Å². The van der Waals surface area contributed by atoms with E-state index in [0.717, 1.165) is 25.7 Å². The van der Waals surface area contributed by atoms with Crippen molar-refractivity contribution in [3.8, 4) is 0 Å². The van der Waals surface area contributed by atoms with Gasteiger partial charge < -0.3 is 0 Å². The molecule has 0 saturated heterocycles. The van der Waals surface area contributed by atoms with Gasteiger partial charge in [0, 0.05) is 0 Å². The van der Waals surface area contributed by atoms with E-state index in [4.69, 9.17) is 0 Å². The number of hydrogen-bond acceptors (Lipinski definition) is 0. The Morgan fingerprint density at radius 2 is 1.00 bits per heavy atom. The van der Waals surface area contributed by atoms with Crippen LogP contribution in [0, 0.1) is 0 Å². The first-order chi connectivity index (χ1) is 17.8. The van der Waals surface area contributed by atoms with Crippen molar-refractivity contribution >= 4 is 46.2 Å². The summed E-state index contributed by atoms with van der Waals surface area (Å²) in [4.78, 5) is 0. The maximum absolute atomic E-state index is 3.96. The SMILES string of the molecule is CCc1ccc(C2=CC[C]([Hf]([CH3])(=[SiH2])([C]3=C(C)C(c4ccc(CC)cc4)=CC3)[c]3ccccc3)=C2C)cc1.Cl.Cl. The van der Waals surface area contributed by atoms with Crippen LogP contribution in [0.3, 0.4) is 0 Å². The van der Waals surface area contributed by atoms with Crippen LogP contribution in [0.4, 0.5) is 0 Å². The Morgan fingerprint density at radius 1 is 0.615 bits per heavy atom. The van der Waals surface area contributed by atoms with Gasteiger partial charge in [0.25, 0.3) is 0 Å². The van der Waals surface area contributed by atoms with Gasteiger partial charge in [-0.25, -0.2) is 0 Å². The second kappa shape index (κ2) is 12.4. The molecule has 39 heavy (non-hydrogen) atoms. The van der Waals surface area contributed by atoms with Crippen LogP contribution in [0.15, 0.2) is 109 Å². The van der Waals surface area contributed by atoms with E-state index in [0.29, 0.717) is 0 Å². The summed E-state index contributed by atoms with van der Waals surface area (Å²) in [6.07, 6.45) is 9.37. The van der Waals surface area contributed by atoms with Gasteiger partial charge in [-0.15, -0.1) is 24.8 Å². The molecular formula is C35H42Cl2HfSi. The van der Waals surface area contributed by atoms with Crippen molar-refractivity contribution in [3.05, 3.63) is 131 Å². The molecule has 0 fully saturated rings. The molecule has 4 heteroatoms. The van der Waals surface area contributed by atoms with Gasteiger partial charge in [0.15, 0.2) is 0 Å². The first-order valence-electron chi connectivity index (χ1n) is 13.9. The van der Waals surface area contributed by atoms with E-state index in [1.807, 2.05) is 0 Å². The topological polar surface area (TPSA) is 0 Å². The summed E-state index contributed by atoms with van der Waals surface area (Å²) in [6, 6.07) is 30.1. The van der Waals surface area contributed by atoms with E-state index in [1.165, 1.54) is 44.5 Å². The largest absolute Gasteiger partial charge is 0.147 e. The summed E-state index contributed by atoms with van der Waals surface area (Å²) in [6.45, 7) is 11.7. The van der Waals surface area contributed by atoms with Crippen molar-refractivity contribution in [2.24, 2.45) is 0 Å². The zero-order valence-corrected chi connectivity index (χ0v) is 30.7. The number of halogens is 2. The molecule has 0 saturated carbocycles. The van der Waals surface area contributed by atoms with Crippen LogP contribution < -0.4 is 3.32 Å². The molecule has 0 spiro atoms. The number of rotatable bonds is 7. The number of benzene rings is 3. The predicted molar refractivity (Wildman–Crippen MR) is 177 cm³/mol. The summed E-state index contributed by atoms with van der Waals surface area (Å²) in [7, 11) is 0. The quantitative estimate of drug-likeness (QED) is 0.212. The maximum atomic E-state index is 2.72. The van der Waals surface area contributed by atoms with E-state index in [1.54, 1.807) is 9.98 Å². The molecular weight excluding hydrogens is 698 g/mol. The van der Waals surface area contributed by atoms with E-state index >= 15 is 0 Å². The van der Waals surface area contributed by atoms with Crippen molar-refractivity contribution in [1.82, 2.24) is 0 Å². The van der Waals surface area contributed by atoms with Gasteiger partial charge in [-0.05, 0) is 0 Å². The van der Waals surface area contributed by atoms with Crippen LogP contribution in [-0.2, 0) is 30.0 Å². The van der Waals surface area contributed by atoms with Crippen molar-refractivity contribution < 1.29 is 17.1 Å². The van der Waals surface area contributed by atoms with Gasteiger partial charge in [-0.1, -0.05) is 0 Å². The minimum Gasteiger partial charge on any atom is -0.147 e. The van der Waals surface area contributed by atoms with Crippen molar-refractivity contribution in [1.29, 1.82) is 0 Å². The summed E-state index contributed by atoms with van der Waals surface area (Å²) in [5.41, 5.74) is 11.5. The maximum Gasteiger partial charge on any atom is -0.147 e. The summed E-state index contributed by atoms with van der Waals surface area (Å²) in [5, 5.41) is 0. The average molecular weight is 740 g/mol. The van der Waals surface area contributed by atoms with Gasteiger partial charge in [-0.3, -0.25) is 0 Å². The van der Waals surface area contributed by atoms with E-state index in [2.05, 4.69) is 130 Å². The van der Waals surface area contributed by atoms with Gasteiger partial charge >= 0.3 is 228 Å². The smallest absolute Gasteiger partial charge is 0.147 e. The van der Waals surface area contributed by atoms with Crippen LogP contribution in [0.25, 0.3) is 11.1 Å². The first kappa shape index (κ1) is 31.8. The van der Waals surface area contributed by atoms with Gasteiger partial charge in [0.05, 0.1) is 0 Å². The van der Waals surface area contributed by atoms with Crippen molar-refractivity contribution in [3.63, 3.8) is 0 Å². The van der Waals surface area contributed by atoms with Crippen LogP contribution in [0.1, 0.15) is 62.8 Å². The van der Waals surface area contributed by atoms with Crippen LogP contribution in [0.2, 0.25) is 4.68 Å². The van der Waals surface area contributed by atoms with Gasteiger partial charge in [0.1, 0.15) is 0 Å². The molecule has 5 rings (SSSR count). The van der Waals surface area contributed by atoms with Crippen molar-refractivity contribution in [2.45, 2.75) is 58.1 Å². The summed E-state index contributed by atoms with van der Waals surface area (Å²) < 4.78 is 7.83. The van der Waals surface area contributed by atoms with Gasteiger partial charge in [0.2, 0.25) is 0 Å².